The Hall–Kier alpha value is -6.18. The molecule has 12 rings (SSSR count). The maximum atomic E-state index is 2.49. The van der Waals surface area contributed by atoms with Crippen molar-refractivity contribution in [2.45, 2.75) is 43.9 Å². The zero-order chi connectivity index (χ0) is 37.8. The van der Waals surface area contributed by atoms with Crippen LogP contribution in [0, 0.1) is 17.8 Å². The normalized spacial score (nSPS) is 20.8. The van der Waals surface area contributed by atoms with E-state index in [0.29, 0.717) is 5.41 Å². The van der Waals surface area contributed by atoms with E-state index in [0.717, 1.165) is 34.8 Å². The zero-order valence-corrected chi connectivity index (χ0v) is 32.4. The second kappa shape index (κ2) is 14.1. The van der Waals surface area contributed by atoms with Crippen LogP contribution in [0.1, 0.15) is 44.1 Å². The van der Waals surface area contributed by atoms with Gasteiger partial charge in [0.15, 0.2) is 0 Å². The monoisotopic (exact) mass is 733 g/mol. The van der Waals surface area contributed by atoms with E-state index < -0.39 is 0 Å². The van der Waals surface area contributed by atoms with Crippen LogP contribution in [0.2, 0.25) is 0 Å². The Morgan fingerprint density at radius 1 is 0.351 bits per heavy atom. The fraction of sp³-hybridized carbons (Fsp3) is 0.179. The van der Waals surface area contributed by atoms with Gasteiger partial charge in [-0.05, 0) is 171 Å². The van der Waals surface area contributed by atoms with E-state index in [1.54, 1.807) is 5.56 Å². The van der Waals surface area contributed by atoms with Crippen molar-refractivity contribution in [3.05, 3.63) is 200 Å². The van der Waals surface area contributed by atoms with Gasteiger partial charge in [-0.1, -0.05) is 146 Å². The van der Waals surface area contributed by atoms with Crippen LogP contribution in [-0.4, -0.2) is 0 Å². The lowest BCUT2D eigenvalue weighted by Crippen LogP contribution is -2.48. The molecule has 4 saturated carbocycles. The van der Waals surface area contributed by atoms with Crippen molar-refractivity contribution in [1.29, 1.82) is 0 Å². The number of rotatable bonds is 8. The molecule has 276 valence electrons. The zero-order valence-electron chi connectivity index (χ0n) is 32.4. The van der Waals surface area contributed by atoms with Gasteiger partial charge in [-0.25, -0.2) is 0 Å². The molecule has 0 aliphatic heterocycles. The number of fused-ring (bicyclic) bond motifs is 1. The second-order valence-corrected chi connectivity index (χ2v) is 17.2. The first-order chi connectivity index (χ1) is 28.1. The van der Waals surface area contributed by atoms with E-state index in [1.807, 2.05) is 0 Å². The van der Waals surface area contributed by atoms with Crippen molar-refractivity contribution < 1.29 is 0 Å². The third-order valence-electron chi connectivity index (χ3n) is 13.6. The molecule has 8 aromatic rings. The van der Waals surface area contributed by atoms with Crippen molar-refractivity contribution in [3.8, 4) is 44.5 Å². The van der Waals surface area contributed by atoms with Crippen LogP contribution in [-0.2, 0) is 5.41 Å². The Bertz CT molecular complexity index is 2540. The molecule has 0 spiro atoms. The molecule has 1 nitrogen and oxygen atoms in total. The van der Waals surface area contributed by atoms with Crippen molar-refractivity contribution in [1.82, 2.24) is 0 Å². The predicted octanol–water partition coefficient (Wildman–Crippen LogP) is 15.4. The second-order valence-electron chi connectivity index (χ2n) is 17.2. The van der Waals surface area contributed by atoms with E-state index in [1.165, 1.54) is 93.8 Å². The van der Waals surface area contributed by atoms with Gasteiger partial charge in [0.1, 0.15) is 0 Å². The van der Waals surface area contributed by atoms with Gasteiger partial charge in [0.2, 0.25) is 0 Å². The molecule has 0 amide bonds. The van der Waals surface area contributed by atoms with Crippen molar-refractivity contribution >= 4 is 27.8 Å². The van der Waals surface area contributed by atoms with Crippen LogP contribution in [0.5, 0.6) is 0 Å². The number of benzene rings is 8. The van der Waals surface area contributed by atoms with E-state index >= 15 is 0 Å². The lowest BCUT2D eigenvalue weighted by molar-refractivity contribution is -0.00518. The third kappa shape index (κ3) is 6.36. The minimum atomic E-state index is 0.417. The molecule has 4 fully saturated rings. The van der Waals surface area contributed by atoms with Gasteiger partial charge in [-0.2, -0.15) is 0 Å². The molecule has 0 saturated heterocycles. The van der Waals surface area contributed by atoms with Crippen molar-refractivity contribution in [2.75, 3.05) is 4.90 Å². The largest absolute Gasteiger partial charge is 0.311 e. The average Bonchev–Trinajstić information content (AvgIpc) is 3.27. The van der Waals surface area contributed by atoms with Crippen LogP contribution in [0.3, 0.4) is 0 Å². The molecular weight excluding hydrogens is 687 g/mol. The molecule has 4 bridgehead atoms. The third-order valence-corrected chi connectivity index (χ3v) is 13.6. The minimum Gasteiger partial charge on any atom is -0.311 e. The van der Waals surface area contributed by atoms with Gasteiger partial charge in [-0.15, -0.1) is 0 Å². The maximum absolute atomic E-state index is 2.49. The molecule has 0 N–H and O–H groups in total. The number of nitrogens with zero attached hydrogens (tertiary/aromatic N) is 1. The first kappa shape index (κ1) is 34.1. The lowest BCUT2D eigenvalue weighted by atomic mass is 9.48. The van der Waals surface area contributed by atoms with Gasteiger partial charge >= 0.3 is 0 Å². The van der Waals surface area contributed by atoms with Gasteiger partial charge < -0.3 is 4.90 Å². The molecule has 0 aromatic heterocycles. The van der Waals surface area contributed by atoms with Crippen LogP contribution in [0.25, 0.3) is 55.3 Å². The highest BCUT2D eigenvalue weighted by molar-refractivity contribution is 6.00. The summed E-state index contributed by atoms with van der Waals surface area (Å²) in [6.07, 6.45) is 8.67. The molecule has 8 aromatic carbocycles. The van der Waals surface area contributed by atoms with Crippen molar-refractivity contribution in [3.63, 3.8) is 0 Å². The fourth-order valence-electron chi connectivity index (χ4n) is 11.3. The summed E-state index contributed by atoms with van der Waals surface area (Å²) >= 11 is 0. The Kier molecular flexibility index (Phi) is 8.43. The molecule has 0 unspecified atom stereocenters. The number of hydrogen-bond donors (Lipinski definition) is 0. The SMILES string of the molecule is c1ccc(-c2ccc(N(c3ccc(-c4ccccc4)cc3)c3ccc(-c4cc(-c5ccc(C67CC8CC(CC(C8)C6)C7)cc5)c5ccccc5c4)cc3)cc2)cc1. The summed E-state index contributed by atoms with van der Waals surface area (Å²) in [7, 11) is 0. The standard InChI is InChI=1S/C56H47N/c1-3-9-42(10-4-1)44-17-25-51(26-18-44)57(52-27-19-45(20-28-52)43-11-5-2-6-12-43)53-29-21-46(22-30-53)49-34-48-13-7-8-14-54(48)55(35-49)47-15-23-50(24-16-47)56-36-39-31-40(37-56)33-41(32-39)38-56/h1-30,34-35,39-41H,31-33,36-38H2. The summed E-state index contributed by atoms with van der Waals surface area (Å²) < 4.78 is 0. The highest BCUT2D eigenvalue weighted by Gasteiger charge is 2.51. The highest BCUT2D eigenvalue weighted by atomic mass is 15.1. The molecule has 0 radical (unpaired) electrons. The summed E-state index contributed by atoms with van der Waals surface area (Å²) in [5.41, 5.74) is 15.3. The first-order valence-corrected chi connectivity index (χ1v) is 21.0. The van der Waals surface area contributed by atoms with E-state index in [2.05, 4.69) is 199 Å². The number of hydrogen-bond acceptors (Lipinski definition) is 1. The quantitative estimate of drug-likeness (QED) is 0.150. The Balaban J connectivity index is 0.938. The fourth-order valence-corrected chi connectivity index (χ4v) is 11.3. The first-order valence-electron chi connectivity index (χ1n) is 21.0. The molecule has 0 heterocycles. The molecule has 4 aliphatic rings. The Morgan fingerprint density at radius 3 is 1.25 bits per heavy atom. The summed E-state index contributed by atoms with van der Waals surface area (Å²) in [5, 5.41) is 2.59. The summed E-state index contributed by atoms with van der Waals surface area (Å²) in [6, 6.07) is 71.8. The molecule has 57 heavy (non-hydrogen) atoms. The predicted molar refractivity (Wildman–Crippen MR) is 240 cm³/mol. The Morgan fingerprint density at radius 2 is 0.754 bits per heavy atom. The smallest absolute Gasteiger partial charge is 0.0462 e. The molecular formula is C56H47N. The topological polar surface area (TPSA) is 3.24 Å². The molecule has 4 aliphatic carbocycles. The molecule has 1 heteroatoms. The van der Waals surface area contributed by atoms with E-state index in [4.69, 9.17) is 0 Å². The summed E-state index contributed by atoms with van der Waals surface area (Å²) in [4.78, 5) is 2.37. The summed E-state index contributed by atoms with van der Waals surface area (Å²) in [5.74, 6) is 2.86. The molecule has 0 atom stereocenters. The minimum absolute atomic E-state index is 0.417. The van der Waals surface area contributed by atoms with Crippen LogP contribution < -0.4 is 4.90 Å². The van der Waals surface area contributed by atoms with Gasteiger partial charge in [0.25, 0.3) is 0 Å². The van der Waals surface area contributed by atoms with E-state index in [-0.39, 0.29) is 0 Å². The highest BCUT2D eigenvalue weighted by Crippen LogP contribution is 2.60. The Labute approximate surface area is 337 Å². The van der Waals surface area contributed by atoms with Crippen molar-refractivity contribution in [2.24, 2.45) is 17.8 Å². The van der Waals surface area contributed by atoms with Crippen LogP contribution >= 0.6 is 0 Å². The average molecular weight is 734 g/mol. The van der Waals surface area contributed by atoms with Crippen LogP contribution in [0.4, 0.5) is 17.1 Å². The maximum Gasteiger partial charge on any atom is 0.0462 e. The van der Waals surface area contributed by atoms with Crippen LogP contribution in [0.15, 0.2) is 194 Å². The lowest BCUT2D eigenvalue weighted by Gasteiger charge is -2.57. The summed E-state index contributed by atoms with van der Waals surface area (Å²) in [6.45, 7) is 0. The number of anilines is 3. The van der Waals surface area contributed by atoms with Gasteiger partial charge in [0, 0.05) is 17.1 Å². The van der Waals surface area contributed by atoms with Gasteiger partial charge in [0.05, 0.1) is 0 Å². The van der Waals surface area contributed by atoms with E-state index in [9.17, 15) is 0 Å². The van der Waals surface area contributed by atoms with Gasteiger partial charge in [-0.3, -0.25) is 0 Å².